The average Bonchev–Trinajstić information content (AvgIpc) is 2.03. The molecule has 0 fully saturated rings. The smallest absolute Gasteiger partial charge is 0.104 e. The van der Waals surface area contributed by atoms with Crippen molar-refractivity contribution < 1.29 is 5.11 Å². The zero-order valence-corrected chi connectivity index (χ0v) is 8.48. The van der Waals surface area contributed by atoms with Crippen LogP contribution in [0.2, 0.25) is 5.02 Å². The lowest BCUT2D eigenvalue weighted by molar-refractivity contribution is 0.350. The van der Waals surface area contributed by atoms with Crippen molar-refractivity contribution in [1.82, 2.24) is 0 Å². The zero-order valence-electron chi connectivity index (χ0n) is 6.14. The summed E-state index contributed by atoms with van der Waals surface area (Å²) in [5.74, 6) is 5.27. The van der Waals surface area contributed by atoms with E-state index in [2.05, 4.69) is 27.8 Å². The fourth-order valence-corrected chi connectivity index (χ4v) is 1.45. The van der Waals surface area contributed by atoms with E-state index in [1.54, 1.807) is 12.1 Å². The minimum absolute atomic E-state index is 0.146. The summed E-state index contributed by atoms with van der Waals surface area (Å²) in [5, 5.41) is 9.04. The molecule has 0 aliphatic rings. The first kappa shape index (κ1) is 9.60. The molecular formula is C9H6BrClO. The summed E-state index contributed by atoms with van der Waals surface area (Å²) in [6.07, 6.45) is 0. The third-order valence-electron chi connectivity index (χ3n) is 1.23. The Morgan fingerprint density at radius 1 is 1.50 bits per heavy atom. The van der Waals surface area contributed by atoms with E-state index in [1.807, 2.05) is 6.07 Å². The molecule has 62 valence electrons. The first-order valence-electron chi connectivity index (χ1n) is 3.29. The maximum Gasteiger partial charge on any atom is 0.104 e. The lowest BCUT2D eigenvalue weighted by Crippen LogP contribution is -1.78. The molecule has 0 unspecified atom stereocenters. The summed E-state index contributed by atoms with van der Waals surface area (Å²) in [7, 11) is 0. The van der Waals surface area contributed by atoms with Crippen molar-refractivity contribution in [3.8, 4) is 11.8 Å². The van der Waals surface area contributed by atoms with E-state index in [4.69, 9.17) is 16.7 Å². The van der Waals surface area contributed by atoms with Gasteiger partial charge in [0.25, 0.3) is 0 Å². The lowest BCUT2D eigenvalue weighted by Gasteiger charge is -1.95. The summed E-state index contributed by atoms with van der Waals surface area (Å²) < 4.78 is 0.919. The fraction of sp³-hybridized carbons (Fsp3) is 0.111. The number of aliphatic hydroxyl groups is 1. The molecule has 0 amide bonds. The van der Waals surface area contributed by atoms with Gasteiger partial charge in [-0.1, -0.05) is 39.4 Å². The summed E-state index contributed by atoms with van der Waals surface area (Å²) in [5.41, 5.74) is 0.730. The van der Waals surface area contributed by atoms with Gasteiger partial charge in [0.1, 0.15) is 6.61 Å². The van der Waals surface area contributed by atoms with Gasteiger partial charge in [-0.15, -0.1) is 0 Å². The highest BCUT2D eigenvalue weighted by molar-refractivity contribution is 9.10. The number of aliphatic hydroxyl groups excluding tert-OH is 1. The molecule has 1 nitrogen and oxygen atoms in total. The van der Waals surface area contributed by atoms with Crippen LogP contribution in [0.1, 0.15) is 5.56 Å². The van der Waals surface area contributed by atoms with E-state index in [9.17, 15) is 0 Å². The van der Waals surface area contributed by atoms with Gasteiger partial charge < -0.3 is 5.11 Å². The number of halogens is 2. The molecule has 0 aliphatic carbocycles. The van der Waals surface area contributed by atoms with Gasteiger partial charge in [0.15, 0.2) is 0 Å². The zero-order chi connectivity index (χ0) is 8.97. The Balaban J connectivity index is 3.01. The van der Waals surface area contributed by atoms with Crippen LogP contribution in [0.5, 0.6) is 0 Å². The van der Waals surface area contributed by atoms with Crippen LogP contribution in [0, 0.1) is 11.8 Å². The second-order valence-corrected chi connectivity index (χ2v) is 3.41. The van der Waals surface area contributed by atoms with Crippen molar-refractivity contribution in [2.75, 3.05) is 6.61 Å². The standard InChI is InChI=1S/C9H6BrClO/c10-8-4-3-7(2-1-5-12)9(11)6-8/h3-4,6,12H,5H2. The monoisotopic (exact) mass is 244 g/mol. The Labute approximate surface area is 84.5 Å². The molecule has 0 atom stereocenters. The predicted molar refractivity (Wildman–Crippen MR) is 53.1 cm³/mol. The Morgan fingerprint density at radius 2 is 2.25 bits per heavy atom. The van der Waals surface area contributed by atoms with Crippen LogP contribution in [0.3, 0.4) is 0 Å². The summed E-state index contributed by atoms with van der Waals surface area (Å²) >= 11 is 9.13. The minimum Gasteiger partial charge on any atom is -0.384 e. The number of hydrogen-bond acceptors (Lipinski definition) is 1. The molecule has 0 aliphatic heterocycles. The topological polar surface area (TPSA) is 20.2 Å². The Hall–Kier alpha value is -0.490. The molecule has 1 N–H and O–H groups in total. The Kier molecular flexibility index (Phi) is 3.61. The maximum absolute atomic E-state index is 8.45. The Morgan fingerprint density at radius 3 is 2.83 bits per heavy atom. The van der Waals surface area contributed by atoms with E-state index in [-0.39, 0.29) is 6.61 Å². The van der Waals surface area contributed by atoms with Crippen LogP contribution in [0.25, 0.3) is 0 Å². The van der Waals surface area contributed by atoms with Gasteiger partial charge >= 0.3 is 0 Å². The highest BCUT2D eigenvalue weighted by atomic mass is 79.9. The van der Waals surface area contributed by atoms with Crippen LogP contribution in [0.15, 0.2) is 22.7 Å². The molecule has 12 heavy (non-hydrogen) atoms. The van der Waals surface area contributed by atoms with Gasteiger partial charge in [-0.05, 0) is 18.2 Å². The van der Waals surface area contributed by atoms with Crippen molar-refractivity contribution in [1.29, 1.82) is 0 Å². The third-order valence-corrected chi connectivity index (χ3v) is 2.04. The summed E-state index contributed by atoms with van der Waals surface area (Å²) in [4.78, 5) is 0. The molecule has 0 bridgehead atoms. The van der Waals surface area contributed by atoms with Gasteiger partial charge in [-0.3, -0.25) is 0 Å². The van der Waals surface area contributed by atoms with Gasteiger partial charge in [0.2, 0.25) is 0 Å². The minimum atomic E-state index is -0.146. The fourth-order valence-electron chi connectivity index (χ4n) is 0.726. The van der Waals surface area contributed by atoms with Crippen molar-refractivity contribution in [2.45, 2.75) is 0 Å². The van der Waals surface area contributed by atoms with E-state index in [1.165, 1.54) is 0 Å². The second-order valence-electron chi connectivity index (χ2n) is 2.08. The predicted octanol–water partition coefficient (Wildman–Crippen LogP) is 2.45. The SMILES string of the molecule is OCC#Cc1ccc(Br)cc1Cl. The van der Waals surface area contributed by atoms with Crippen LogP contribution in [-0.4, -0.2) is 11.7 Å². The Bertz CT molecular complexity index is 338. The van der Waals surface area contributed by atoms with Crippen LogP contribution in [0.4, 0.5) is 0 Å². The molecular weight excluding hydrogens is 239 g/mol. The molecule has 1 aromatic carbocycles. The van der Waals surface area contributed by atoms with Crippen LogP contribution >= 0.6 is 27.5 Å². The van der Waals surface area contributed by atoms with Crippen molar-refractivity contribution in [2.24, 2.45) is 0 Å². The van der Waals surface area contributed by atoms with Gasteiger partial charge in [-0.2, -0.15) is 0 Å². The highest BCUT2D eigenvalue weighted by Crippen LogP contribution is 2.20. The largest absolute Gasteiger partial charge is 0.384 e. The van der Waals surface area contributed by atoms with Gasteiger partial charge in [-0.25, -0.2) is 0 Å². The van der Waals surface area contributed by atoms with Crippen LogP contribution < -0.4 is 0 Å². The van der Waals surface area contributed by atoms with E-state index >= 15 is 0 Å². The molecule has 1 aromatic rings. The van der Waals surface area contributed by atoms with Crippen molar-refractivity contribution >= 4 is 27.5 Å². The van der Waals surface area contributed by atoms with Gasteiger partial charge in [0.05, 0.1) is 5.02 Å². The van der Waals surface area contributed by atoms with E-state index < -0.39 is 0 Å². The highest BCUT2D eigenvalue weighted by Gasteiger charge is 1.96. The second kappa shape index (κ2) is 4.51. The first-order valence-corrected chi connectivity index (χ1v) is 4.46. The van der Waals surface area contributed by atoms with Crippen molar-refractivity contribution in [3.05, 3.63) is 33.3 Å². The van der Waals surface area contributed by atoms with E-state index in [0.717, 1.165) is 10.0 Å². The number of rotatable bonds is 0. The van der Waals surface area contributed by atoms with Crippen molar-refractivity contribution in [3.63, 3.8) is 0 Å². The molecule has 0 saturated carbocycles. The summed E-state index contributed by atoms with van der Waals surface area (Å²) in [6, 6.07) is 5.42. The maximum atomic E-state index is 8.45. The third kappa shape index (κ3) is 2.53. The molecule has 0 saturated heterocycles. The average molecular weight is 246 g/mol. The van der Waals surface area contributed by atoms with Gasteiger partial charge in [0, 0.05) is 10.0 Å². The molecule has 0 heterocycles. The molecule has 0 aromatic heterocycles. The first-order chi connectivity index (χ1) is 5.74. The quantitative estimate of drug-likeness (QED) is 0.696. The molecule has 3 heteroatoms. The van der Waals surface area contributed by atoms with E-state index in [0.29, 0.717) is 5.02 Å². The molecule has 0 radical (unpaired) electrons. The van der Waals surface area contributed by atoms with Crippen LogP contribution in [-0.2, 0) is 0 Å². The molecule has 1 rings (SSSR count). The number of hydrogen-bond donors (Lipinski definition) is 1. The molecule has 0 spiro atoms. The number of benzene rings is 1. The lowest BCUT2D eigenvalue weighted by atomic mass is 10.2. The summed E-state index contributed by atoms with van der Waals surface area (Å²) in [6.45, 7) is -0.146. The normalized spacial score (nSPS) is 8.92.